The topological polar surface area (TPSA) is 215 Å². The Bertz CT molecular complexity index is 1070. The van der Waals surface area contributed by atoms with E-state index in [9.17, 15) is 29.8 Å². The SMILES string of the molecule is NC(N)=NCCC[C@H](NC(=O)OCc1ccccc1)C(=O)Oc1ccc([N+](=O)[O-])cc1[N+](=O)[O-]. The molecular weight excluding hydrogens is 452 g/mol. The number of benzene rings is 2. The molecule has 5 N–H and O–H groups in total. The van der Waals surface area contributed by atoms with Crippen LogP contribution in [0.3, 0.4) is 0 Å². The van der Waals surface area contributed by atoms with E-state index < -0.39 is 45.1 Å². The molecule has 2 rings (SSSR count). The van der Waals surface area contributed by atoms with Crippen LogP contribution in [0.25, 0.3) is 0 Å². The van der Waals surface area contributed by atoms with Crippen LogP contribution in [-0.4, -0.2) is 40.5 Å². The van der Waals surface area contributed by atoms with Gasteiger partial charge in [0.15, 0.2) is 5.96 Å². The molecule has 0 bridgehead atoms. The fourth-order valence-electron chi connectivity index (χ4n) is 2.69. The minimum Gasteiger partial charge on any atom is -0.445 e. The van der Waals surface area contributed by atoms with Gasteiger partial charge in [0.2, 0.25) is 5.75 Å². The number of carbonyl (C=O) groups is 2. The highest BCUT2D eigenvalue weighted by Crippen LogP contribution is 2.31. The van der Waals surface area contributed by atoms with E-state index in [-0.39, 0.29) is 32.0 Å². The summed E-state index contributed by atoms with van der Waals surface area (Å²) in [5.41, 5.74) is 9.90. The van der Waals surface area contributed by atoms with E-state index in [0.717, 1.165) is 12.1 Å². The molecule has 0 unspecified atom stereocenters. The Morgan fingerprint density at radius 1 is 1.06 bits per heavy atom. The molecule has 180 valence electrons. The molecule has 14 nitrogen and oxygen atoms in total. The van der Waals surface area contributed by atoms with Crippen molar-refractivity contribution in [2.75, 3.05) is 6.54 Å². The maximum atomic E-state index is 12.7. The van der Waals surface area contributed by atoms with Crippen molar-refractivity contribution in [1.82, 2.24) is 5.32 Å². The van der Waals surface area contributed by atoms with Gasteiger partial charge < -0.3 is 26.3 Å². The van der Waals surface area contributed by atoms with Gasteiger partial charge in [-0.05, 0) is 24.5 Å². The lowest BCUT2D eigenvalue weighted by atomic mass is 10.1. The number of nitro groups is 2. The number of nitrogens with two attached hydrogens (primary N) is 2. The molecule has 2 aromatic rings. The van der Waals surface area contributed by atoms with Crippen LogP contribution < -0.4 is 21.5 Å². The van der Waals surface area contributed by atoms with Crippen molar-refractivity contribution in [3.63, 3.8) is 0 Å². The second-order valence-corrected chi connectivity index (χ2v) is 6.79. The summed E-state index contributed by atoms with van der Waals surface area (Å²) in [5, 5.41) is 24.5. The third-order valence-corrected chi connectivity index (χ3v) is 4.30. The third kappa shape index (κ3) is 8.07. The first-order valence-corrected chi connectivity index (χ1v) is 9.84. The van der Waals surface area contributed by atoms with Crippen molar-refractivity contribution in [3.05, 3.63) is 74.3 Å². The first-order chi connectivity index (χ1) is 16.2. The summed E-state index contributed by atoms with van der Waals surface area (Å²) in [5.74, 6) is -1.72. The van der Waals surface area contributed by atoms with Crippen molar-refractivity contribution in [3.8, 4) is 5.75 Å². The fraction of sp³-hybridized carbons (Fsp3) is 0.250. The number of amides is 1. The third-order valence-electron chi connectivity index (χ3n) is 4.30. The molecule has 0 heterocycles. The second-order valence-electron chi connectivity index (χ2n) is 6.79. The number of nitrogens with one attached hydrogen (secondary N) is 1. The molecular formula is C20H22N6O8. The number of non-ortho nitro benzene ring substituents is 1. The number of ether oxygens (including phenoxy) is 2. The summed E-state index contributed by atoms with van der Waals surface area (Å²) in [6.07, 6.45) is -0.665. The monoisotopic (exact) mass is 474 g/mol. The normalized spacial score (nSPS) is 11.1. The van der Waals surface area contributed by atoms with Crippen LogP contribution in [0.1, 0.15) is 18.4 Å². The molecule has 2 aromatic carbocycles. The van der Waals surface area contributed by atoms with Gasteiger partial charge in [0.25, 0.3) is 5.69 Å². The van der Waals surface area contributed by atoms with Gasteiger partial charge in [-0.25, -0.2) is 9.59 Å². The summed E-state index contributed by atoms with van der Waals surface area (Å²) in [6.45, 7) is 0.0841. The highest BCUT2D eigenvalue weighted by molar-refractivity contribution is 5.83. The van der Waals surface area contributed by atoms with Gasteiger partial charge >= 0.3 is 17.7 Å². The molecule has 0 aromatic heterocycles. The molecule has 0 aliphatic rings. The number of nitrogens with zero attached hydrogens (tertiary/aromatic N) is 3. The van der Waals surface area contributed by atoms with Crippen LogP contribution >= 0.6 is 0 Å². The lowest BCUT2D eigenvalue weighted by molar-refractivity contribution is -0.394. The van der Waals surface area contributed by atoms with E-state index >= 15 is 0 Å². The Labute approximate surface area is 192 Å². The van der Waals surface area contributed by atoms with Crippen LogP contribution in [0.5, 0.6) is 5.75 Å². The van der Waals surface area contributed by atoms with Crippen molar-refractivity contribution < 1.29 is 28.9 Å². The van der Waals surface area contributed by atoms with Gasteiger partial charge in [-0.15, -0.1) is 0 Å². The van der Waals surface area contributed by atoms with Crippen LogP contribution in [0.4, 0.5) is 16.2 Å². The molecule has 0 saturated heterocycles. The predicted molar refractivity (Wildman–Crippen MR) is 119 cm³/mol. The lowest BCUT2D eigenvalue weighted by Gasteiger charge is -2.17. The number of rotatable bonds is 11. The summed E-state index contributed by atoms with van der Waals surface area (Å²) in [6, 6.07) is 10.1. The maximum absolute atomic E-state index is 12.7. The number of esters is 1. The number of nitro benzene ring substituents is 2. The summed E-state index contributed by atoms with van der Waals surface area (Å²) < 4.78 is 10.2. The number of carbonyl (C=O) groups excluding carboxylic acids is 2. The van der Waals surface area contributed by atoms with Crippen molar-refractivity contribution in [2.24, 2.45) is 16.5 Å². The Kier molecular flexibility index (Phi) is 9.25. The maximum Gasteiger partial charge on any atom is 0.408 e. The number of aliphatic imine (C=N–C) groups is 1. The molecule has 14 heteroatoms. The van der Waals surface area contributed by atoms with Crippen molar-refractivity contribution in [2.45, 2.75) is 25.5 Å². The van der Waals surface area contributed by atoms with Gasteiger partial charge in [0, 0.05) is 12.6 Å². The zero-order valence-electron chi connectivity index (χ0n) is 17.8. The molecule has 0 aliphatic carbocycles. The number of hydrogen-bond donors (Lipinski definition) is 3. The molecule has 0 saturated carbocycles. The molecule has 0 spiro atoms. The molecule has 1 atom stereocenters. The van der Waals surface area contributed by atoms with Crippen LogP contribution in [0.15, 0.2) is 53.5 Å². The van der Waals surface area contributed by atoms with E-state index in [0.29, 0.717) is 11.6 Å². The highest BCUT2D eigenvalue weighted by Gasteiger charge is 2.28. The van der Waals surface area contributed by atoms with Crippen molar-refractivity contribution in [1.29, 1.82) is 0 Å². The second kappa shape index (κ2) is 12.3. The van der Waals surface area contributed by atoms with Crippen LogP contribution in [0.2, 0.25) is 0 Å². The van der Waals surface area contributed by atoms with E-state index in [4.69, 9.17) is 20.9 Å². The minimum absolute atomic E-state index is 0.0107. The first kappa shape index (κ1) is 25.5. The van der Waals surface area contributed by atoms with Gasteiger partial charge in [-0.3, -0.25) is 25.2 Å². The largest absolute Gasteiger partial charge is 0.445 e. The Hall–Kier alpha value is -4.75. The number of alkyl carbamates (subject to hydrolysis) is 1. The Morgan fingerprint density at radius 2 is 1.76 bits per heavy atom. The number of hydrogen-bond acceptors (Lipinski definition) is 9. The van der Waals surface area contributed by atoms with E-state index in [2.05, 4.69) is 10.3 Å². The standard InChI is InChI=1S/C20H22N6O8/c21-19(22)23-10-4-7-15(24-20(28)33-12-13-5-2-1-3-6-13)18(27)34-17-9-8-14(25(29)30)11-16(17)26(31)32/h1-3,5-6,8-9,11,15H,4,7,10,12H2,(H,24,28)(H4,21,22,23)/t15-/m0/s1. The van der Waals surface area contributed by atoms with Gasteiger partial charge in [-0.1, -0.05) is 30.3 Å². The molecule has 0 fully saturated rings. The van der Waals surface area contributed by atoms with E-state index in [1.54, 1.807) is 30.3 Å². The Morgan fingerprint density at radius 3 is 2.38 bits per heavy atom. The zero-order chi connectivity index (χ0) is 25.1. The van der Waals surface area contributed by atoms with Crippen LogP contribution in [-0.2, 0) is 16.1 Å². The van der Waals surface area contributed by atoms with Crippen molar-refractivity contribution >= 4 is 29.4 Å². The first-order valence-electron chi connectivity index (χ1n) is 9.84. The van der Waals surface area contributed by atoms with Gasteiger partial charge in [0.05, 0.1) is 15.9 Å². The van der Waals surface area contributed by atoms with E-state index in [1.807, 2.05) is 0 Å². The minimum atomic E-state index is -1.27. The number of guanidine groups is 1. The summed E-state index contributed by atoms with van der Waals surface area (Å²) in [4.78, 5) is 49.1. The molecule has 0 aliphatic heterocycles. The smallest absolute Gasteiger partial charge is 0.408 e. The lowest BCUT2D eigenvalue weighted by Crippen LogP contribution is -2.43. The zero-order valence-corrected chi connectivity index (χ0v) is 17.8. The molecule has 1 amide bonds. The summed E-state index contributed by atoms with van der Waals surface area (Å²) >= 11 is 0. The average Bonchev–Trinajstić information content (AvgIpc) is 2.80. The highest BCUT2D eigenvalue weighted by atomic mass is 16.6. The summed E-state index contributed by atoms with van der Waals surface area (Å²) in [7, 11) is 0. The molecule has 0 radical (unpaired) electrons. The predicted octanol–water partition coefficient (Wildman–Crippen LogP) is 1.76. The quantitative estimate of drug-likeness (QED) is 0.0815. The van der Waals surface area contributed by atoms with Gasteiger partial charge in [0.1, 0.15) is 12.6 Å². The van der Waals surface area contributed by atoms with Gasteiger partial charge in [-0.2, -0.15) is 0 Å². The van der Waals surface area contributed by atoms with Crippen LogP contribution in [0, 0.1) is 20.2 Å². The fourth-order valence-corrected chi connectivity index (χ4v) is 2.69. The molecule has 34 heavy (non-hydrogen) atoms. The van der Waals surface area contributed by atoms with E-state index in [1.165, 1.54) is 0 Å². The Balaban J connectivity index is 2.13. The average molecular weight is 474 g/mol.